The molecule has 0 bridgehead atoms. The van der Waals surface area contributed by atoms with Crippen molar-refractivity contribution in [3.05, 3.63) is 0 Å². The topological polar surface area (TPSA) is 39.1 Å². The van der Waals surface area contributed by atoms with E-state index in [9.17, 15) is 5.26 Å². The van der Waals surface area contributed by atoms with Crippen molar-refractivity contribution in [1.29, 1.82) is 5.26 Å². The standard InChI is InChI=1S/C14H25N3/c1-12(2)10-17-7-5-14(11-15,6-8-17)16-9-13-3-4-13/h12-13,16H,3-10H2,1-2H3. The molecular formula is C14H25N3. The summed E-state index contributed by atoms with van der Waals surface area (Å²) >= 11 is 0. The van der Waals surface area contributed by atoms with E-state index in [2.05, 4.69) is 30.1 Å². The Morgan fingerprint density at radius 1 is 1.35 bits per heavy atom. The number of piperidine rings is 1. The van der Waals surface area contributed by atoms with Crippen LogP contribution >= 0.6 is 0 Å². The van der Waals surface area contributed by atoms with Gasteiger partial charge in [0.05, 0.1) is 6.07 Å². The van der Waals surface area contributed by atoms with Crippen LogP contribution < -0.4 is 5.32 Å². The lowest BCUT2D eigenvalue weighted by Crippen LogP contribution is -2.53. The summed E-state index contributed by atoms with van der Waals surface area (Å²) in [5.74, 6) is 1.58. The van der Waals surface area contributed by atoms with Crippen LogP contribution in [-0.4, -0.2) is 36.6 Å². The van der Waals surface area contributed by atoms with E-state index in [1.54, 1.807) is 0 Å². The number of hydrogen-bond acceptors (Lipinski definition) is 3. The van der Waals surface area contributed by atoms with Crippen molar-refractivity contribution < 1.29 is 0 Å². The molecule has 1 aliphatic carbocycles. The van der Waals surface area contributed by atoms with Gasteiger partial charge in [0.1, 0.15) is 5.54 Å². The molecular weight excluding hydrogens is 210 g/mol. The molecule has 0 atom stereocenters. The zero-order valence-corrected chi connectivity index (χ0v) is 11.2. The highest BCUT2D eigenvalue weighted by atomic mass is 15.2. The molecule has 3 heteroatoms. The van der Waals surface area contributed by atoms with E-state index in [1.165, 1.54) is 19.4 Å². The predicted molar refractivity (Wildman–Crippen MR) is 69.6 cm³/mol. The summed E-state index contributed by atoms with van der Waals surface area (Å²) in [4.78, 5) is 2.50. The third-order valence-electron chi connectivity index (χ3n) is 3.97. The number of nitriles is 1. The van der Waals surface area contributed by atoms with Crippen LogP contribution in [0.25, 0.3) is 0 Å². The molecule has 1 heterocycles. The Hall–Kier alpha value is -0.590. The first kappa shape index (κ1) is 12.9. The third-order valence-corrected chi connectivity index (χ3v) is 3.97. The molecule has 1 N–H and O–H groups in total. The first-order valence-electron chi connectivity index (χ1n) is 7.02. The lowest BCUT2D eigenvalue weighted by Gasteiger charge is -2.38. The van der Waals surface area contributed by atoms with Gasteiger partial charge in [-0.2, -0.15) is 5.26 Å². The molecule has 1 aliphatic heterocycles. The molecule has 0 aromatic rings. The summed E-state index contributed by atoms with van der Waals surface area (Å²) in [7, 11) is 0. The van der Waals surface area contributed by atoms with Crippen LogP contribution in [0.4, 0.5) is 0 Å². The average molecular weight is 235 g/mol. The first-order chi connectivity index (χ1) is 8.13. The third kappa shape index (κ3) is 3.69. The Bertz CT molecular complexity index is 280. The Morgan fingerprint density at radius 3 is 2.47 bits per heavy atom. The van der Waals surface area contributed by atoms with Gasteiger partial charge in [0, 0.05) is 19.6 Å². The zero-order valence-electron chi connectivity index (χ0n) is 11.2. The molecule has 2 aliphatic rings. The fraction of sp³-hybridized carbons (Fsp3) is 0.929. The number of rotatable bonds is 5. The van der Waals surface area contributed by atoms with Gasteiger partial charge in [-0.3, -0.25) is 5.32 Å². The maximum Gasteiger partial charge on any atom is 0.109 e. The Labute approximate surface area is 105 Å². The SMILES string of the molecule is CC(C)CN1CCC(C#N)(NCC2CC2)CC1. The van der Waals surface area contributed by atoms with Gasteiger partial charge in [-0.1, -0.05) is 13.8 Å². The van der Waals surface area contributed by atoms with Crippen molar-refractivity contribution in [1.82, 2.24) is 10.2 Å². The van der Waals surface area contributed by atoms with Crippen LogP contribution in [0.3, 0.4) is 0 Å². The Morgan fingerprint density at radius 2 is 2.00 bits per heavy atom. The lowest BCUT2D eigenvalue weighted by molar-refractivity contribution is 0.152. The van der Waals surface area contributed by atoms with Gasteiger partial charge in [-0.25, -0.2) is 0 Å². The van der Waals surface area contributed by atoms with Gasteiger partial charge < -0.3 is 4.90 Å². The summed E-state index contributed by atoms with van der Waals surface area (Å²) in [5.41, 5.74) is -0.226. The Balaban J connectivity index is 1.79. The molecule has 2 fully saturated rings. The molecule has 0 unspecified atom stereocenters. The van der Waals surface area contributed by atoms with E-state index in [1.807, 2.05) is 0 Å². The second kappa shape index (κ2) is 5.37. The van der Waals surface area contributed by atoms with E-state index in [4.69, 9.17) is 0 Å². The fourth-order valence-corrected chi connectivity index (χ4v) is 2.62. The van der Waals surface area contributed by atoms with Gasteiger partial charge in [-0.15, -0.1) is 0 Å². The maximum atomic E-state index is 9.41. The molecule has 2 rings (SSSR count). The highest BCUT2D eigenvalue weighted by Crippen LogP contribution is 2.30. The summed E-state index contributed by atoms with van der Waals surface area (Å²) in [5, 5.41) is 12.9. The fourth-order valence-electron chi connectivity index (χ4n) is 2.62. The quantitative estimate of drug-likeness (QED) is 0.792. The summed E-state index contributed by atoms with van der Waals surface area (Å²) in [6.07, 6.45) is 4.69. The minimum absolute atomic E-state index is 0.226. The van der Waals surface area contributed by atoms with Gasteiger partial charge in [-0.05, 0) is 44.1 Å². The van der Waals surface area contributed by atoms with Crippen LogP contribution in [0.2, 0.25) is 0 Å². The summed E-state index contributed by atoms with van der Waals surface area (Å²) < 4.78 is 0. The molecule has 0 aromatic carbocycles. The smallest absolute Gasteiger partial charge is 0.109 e. The predicted octanol–water partition coefficient (Wildman–Crippen LogP) is 2.00. The normalized spacial score (nSPS) is 24.8. The molecule has 1 saturated carbocycles. The maximum absolute atomic E-state index is 9.41. The monoisotopic (exact) mass is 235 g/mol. The zero-order chi connectivity index (χ0) is 12.3. The second-order valence-corrected chi connectivity index (χ2v) is 6.21. The molecule has 0 aromatic heterocycles. The van der Waals surface area contributed by atoms with Crippen molar-refractivity contribution in [2.24, 2.45) is 11.8 Å². The van der Waals surface area contributed by atoms with Crippen LogP contribution in [0, 0.1) is 23.2 Å². The number of likely N-dealkylation sites (tertiary alicyclic amines) is 1. The van der Waals surface area contributed by atoms with Crippen LogP contribution in [0.15, 0.2) is 0 Å². The van der Waals surface area contributed by atoms with Crippen molar-refractivity contribution in [3.8, 4) is 6.07 Å². The largest absolute Gasteiger partial charge is 0.303 e. The van der Waals surface area contributed by atoms with E-state index >= 15 is 0 Å². The molecule has 0 amide bonds. The highest BCUT2D eigenvalue weighted by molar-refractivity contribution is 5.10. The minimum atomic E-state index is -0.226. The van der Waals surface area contributed by atoms with Gasteiger partial charge >= 0.3 is 0 Å². The lowest BCUT2D eigenvalue weighted by atomic mass is 9.88. The van der Waals surface area contributed by atoms with E-state index < -0.39 is 0 Å². The van der Waals surface area contributed by atoms with Crippen molar-refractivity contribution >= 4 is 0 Å². The highest BCUT2D eigenvalue weighted by Gasteiger charge is 2.35. The van der Waals surface area contributed by atoms with E-state index in [-0.39, 0.29) is 5.54 Å². The number of nitrogens with one attached hydrogen (secondary N) is 1. The molecule has 17 heavy (non-hydrogen) atoms. The molecule has 0 spiro atoms. The number of hydrogen-bond donors (Lipinski definition) is 1. The summed E-state index contributed by atoms with van der Waals surface area (Å²) in [6.45, 7) is 8.89. The van der Waals surface area contributed by atoms with E-state index in [0.717, 1.165) is 44.3 Å². The second-order valence-electron chi connectivity index (χ2n) is 6.21. The first-order valence-corrected chi connectivity index (χ1v) is 7.02. The van der Waals surface area contributed by atoms with Crippen LogP contribution in [-0.2, 0) is 0 Å². The van der Waals surface area contributed by atoms with Crippen molar-refractivity contribution in [2.45, 2.75) is 45.1 Å². The van der Waals surface area contributed by atoms with Crippen LogP contribution in [0.1, 0.15) is 39.5 Å². The number of nitrogens with zero attached hydrogens (tertiary/aromatic N) is 2. The molecule has 3 nitrogen and oxygen atoms in total. The van der Waals surface area contributed by atoms with E-state index in [0.29, 0.717) is 0 Å². The van der Waals surface area contributed by atoms with Crippen LogP contribution in [0.5, 0.6) is 0 Å². The van der Waals surface area contributed by atoms with Gasteiger partial charge in [0.2, 0.25) is 0 Å². The molecule has 0 radical (unpaired) electrons. The van der Waals surface area contributed by atoms with Gasteiger partial charge in [0.15, 0.2) is 0 Å². The Kier molecular flexibility index (Phi) is 4.06. The molecule has 96 valence electrons. The summed E-state index contributed by atoms with van der Waals surface area (Å²) in [6, 6.07) is 2.54. The van der Waals surface area contributed by atoms with Crippen molar-refractivity contribution in [2.75, 3.05) is 26.2 Å². The molecule has 1 saturated heterocycles. The average Bonchev–Trinajstić information content (AvgIpc) is 3.12. The van der Waals surface area contributed by atoms with Crippen molar-refractivity contribution in [3.63, 3.8) is 0 Å². The minimum Gasteiger partial charge on any atom is -0.303 e. The van der Waals surface area contributed by atoms with Gasteiger partial charge in [0.25, 0.3) is 0 Å².